The maximum Gasteiger partial charge on any atom is 0.211 e. The highest BCUT2D eigenvalue weighted by atomic mass is 35.5. The molecule has 0 amide bonds. The number of anilines is 1. The van der Waals surface area contributed by atoms with Crippen molar-refractivity contribution in [3.05, 3.63) is 28.8 Å². The van der Waals surface area contributed by atoms with E-state index in [1.54, 1.807) is 18.2 Å². The molecule has 1 unspecified atom stereocenters. The zero-order valence-electron chi connectivity index (χ0n) is 11.8. The fourth-order valence-corrected chi connectivity index (χ4v) is 3.61. The Morgan fingerprint density at radius 2 is 2.29 bits per heavy atom. The number of benzene rings is 1. The summed E-state index contributed by atoms with van der Waals surface area (Å²) in [5.74, 6) is 0.246. The average Bonchev–Trinajstić information content (AvgIpc) is 2.46. The van der Waals surface area contributed by atoms with E-state index in [1.807, 2.05) is 0 Å². The Morgan fingerprint density at radius 1 is 1.52 bits per heavy atom. The molecule has 1 saturated heterocycles. The molecule has 1 aliphatic heterocycles. The second-order valence-electron chi connectivity index (χ2n) is 5.32. The van der Waals surface area contributed by atoms with Gasteiger partial charge in [-0.05, 0) is 37.0 Å². The van der Waals surface area contributed by atoms with Crippen LogP contribution in [0.2, 0.25) is 5.02 Å². The minimum Gasteiger partial charge on any atom is -0.383 e. The normalized spacial score (nSPS) is 20.0. The van der Waals surface area contributed by atoms with Gasteiger partial charge < -0.3 is 5.32 Å². The lowest BCUT2D eigenvalue weighted by Gasteiger charge is -2.31. The lowest BCUT2D eigenvalue weighted by Crippen LogP contribution is -2.41. The molecular formula is C14H18ClN3O2S. The molecule has 0 saturated carbocycles. The molecule has 1 N–H and O–H groups in total. The Hall–Kier alpha value is -1.29. The Bertz CT molecular complexity index is 655. The maximum absolute atomic E-state index is 11.6. The van der Waals surface area contributed by atoms with E-state index in [2.05, 4.69) is 11.4 Å². The van der Waals surface area contributed by atoms with Crippen molar-refractivity contribution in [3.63, 3.8) is 0 Å². The van der Waals surface area contributed by atoms with Crippen molar-refractivity contribution < 1.29 is 8.42 Å². The Kier molecular flexibility index (Phi) is 5.09. The molecule has 114 valence electrons. The van der Waals surface area contributed by atoms with E-state index in [0.29, 0.717) is 35.9 Å². The van der Waals surface area contributed by atoms with Crippen LogP contribution in [0.25, 0.3) is 0 Å². The van der Waals surface area contributed by atoms with E-state index in [4.69, 9.17) is 16.9 Å². The monoisotopic (exact) mass is 327 g/mol. The van der Waals surface area contributed by atoms with Crippen LogP contribution in [-0.2, 0) is 10.0 Å². The number of nitrogens with one attached hydrogen (secondary N) is 1. The first-order valence-corrected chi connectivity index (χ1v) is 9.01. The molecule has 0 aliphatic carbocycles. The second kappa shape index (κ2) is 6.65. The maximum atomic E-state index is 11.6. The Morgan fingerprint density at radius 3 is 2.95 bits per heavy atom. The average molecular weight is 328 g/mol. The van der Waals surface area contributed by atoms with Gasteiger partial charge in [0.25, 0.3) is 0 Å². The molecule has 0 spiro atoms. The highest BCUT2D eigenvalue weighted by Crippen LogP contribution is 2.25. The second-order valence-corrected chi connectivity index (χ2v) is 7.71. The van der Waals surface area contributed by atoms with Crippen molar-refractivity contribution in [3.8, 4) is 6.07 Å². The molecule has 1 aromatic rings. The topological polar surface area (TPSA) is 73.2 Å². The first-order valence-electron chi connectivity index (χ1n) is 6.79. The van der Waals surface area contributed by atoms with Crippen molar-refractivity contribution in [2.45, 2.75) is 12.8 Å². The van der Waals surface area contributed by atoms with Crippen molar-refractivity contribution in [2.75, 3.05) is 31.2 Å². The number of hydrogen-bond donors (Lipinski definition) is 1. The number of nitriles is 1. The number of piperidine rings is 1. The molecular weight excluding hydrogens is 310 g/mol. The molecule has 1 fully saturated rings. The number of sulfonamides is 1. The van der Waals surface area contributed by atoms with E-state index in [1.165, 1.54) is 10.6 Å². The number of rotatable bonds is 4. The zero-order chi connectivity index (χ0) is 15.5. The van der Waals surface area contributed by atoms with Gasteiger partial charge in [-0.25, -0.2) is 12.7 Å². The van der Waals surface area contributed by atoms with Gasteiger partial charge in [-0.2, -0.15) is 5.26 Å². The zero-order valence-corrected chi connectivity index (χ0v) is 13.4. The highest BCUT2D eigenvalue weighted by Gasteiger charge is 2.25. The van der Waals surface area contributed by atoms with Crippen LogP contribution in [0, 0.1) is 17.2 Å². The molecule has 21 heavy (non-hydrogen) atoms. The van der Waals surface area contributed by atoms with Crippen molar-refractivity contribution in [1.29, 1.82) is 5.26 Å². The molecule has 0 radical (unpaired) electrons. The van der Waals surface area contributed by atoms with Crippen LogP contribution in [0.3, 0.4) is 0 Å². The van der Waals surface area contributed by atoms with Crippen LogP contribution in [-0.4, -0.2) is 38.6 Å². The summed E-state index contributed by atoms with van der Waals surface area (Å²) in [5, 5.41) is 12.7. The third-order valence-electron chi connectivity index (χ3n) is 3.63. The van der Waals surface area contributed by atoms with Gasteiger partial charge in [0.05, 0.1) is 28.6 Å². The predicted molar refractivity (Wildman–Crippen MR) is 83.8 cm³/mol. The summed E-state index contributed by atoms with van der Waals surface area (Å²) in [4.78, 5) is 0. The van der Waals surface area contributed by atoms with Crippen LogP contribution in [0.15, 0.2) is 18.2 Å². The highest BCUT2D eigenvalue weighted by molar-refractivity contribution is 7.88. The summed E-state index contributed by atoms with van der Waals surface area (Å²) in [6.07, 6.45) is 3.09. The van der Waals surface area contributed by atoms with Gasteiger partial charge in [0.15, 0.2) is 0 Å². The molecule has 1 atom stereocenters. The van der Waals surface area contributed by atoms with Crippen LogP contribution in [0.5, 0.6) is 0 Å². The minimum absolute atomic E-state index is 0.246. The van der Waals surface area contributed by atoms with Crippen molar-refractivity contribution >= 4 is 27.3 Å². The molecule has 2 rings (SSSR count). The number of halogens is 1. The lowest BCUT2D eigenvalue weighted by molar-refractivity contribution is 0.277. The third kappa shape index (κ3) is 4.34. The molecule has 0 aromatic heterocycles. The van der Waals surface area contributed by atoms with E-state index in [-0.39, 0.29) is 5.92 Å². The summed E-state index contributed by atoms with van der Waals surface area (Å²) in [6.45, 7) is 1.77. The molecule has 7 heteroatoms. The van der Waals surface area contributed by atoms with Gasteiger partial charge in [-0.1, -0.05) is 11.6 Å². The van der Waals surface area contributed by atoms with Gasteiger partial charge in [0, 0.05) is 19.6 Å². The van der Waals surface area contributed by atoms with Crippen LogP contribution >= 0.6 is 11.6 Å². The molecule has 1 heterocycles. The number of hydrogen-bond acceptors (Lipinski definition) is 4. The van der Waals surface area contributed by atoms with Gasteiger partial charge in [-0.3, -0.25) is 0 Å². The Balaban J connectivity index is 1.99. The molecule has 0 bridgehead atoms. The molecule has 1 aromatic carbocycles. The fourth-order valence-electron chi connectivity index (χ4n) is 2.48. The quantitative estimate of drug-likeness (QED) is 0.921. The summed E-state index contributed by atoms with van der Waals surface area (Å²) in [5.41, 5.74) is 1.26. The minimum atomic E-state index is -3.12. The van der Waals surface area contributed by atoms with E-state index in [0.717, 1.165) is 12.8 Å². The lowest BCUT2D eigenvalue weighted by atomic mass is 9.99. The van der Waals surface area contributed by atoms with Gasteiger partial charge in [0.1, 0.15) is 0 Å². The predicted octanol–water partition coefficient (Wildman–Crippen LogP) is 2.30. The summed E-state index contributed by atoms with van der Waals surface area (Å²) in [7, 11) is -3.12. The standard InChI is InChI=1S/C14H18ClN3O2S/c1-21(19,20)18-6-2-3-12(10-18)9-17-14-7-11(8-16)4-5-13(14)15/h4-5,7,12,17H,2-3,6,9-10H2,1H3. The van der Waals surface area contributed by atoms with Gasteiger partial charge >= 0.3 is 0 Å². The largest absolute Gasteiger partial charge is 0.383 e. The smallest absolute Gasteiger partial charge is 0.211 e. The first kappa shape index (κ1) is 16.1. The molecule has 1 aliphatic rings. The summed E-state index contributed by atoms with van der Waals surface area (Å²) in [6, 6.07) is 7.13. The van der Waals surface area contributed by atoms with Gasteiger partial charge in [0.2, 0.25) is 10.0 Å². The van der Waals surface area contributed by atoms with E-state index < -0.39 is 10.0 Å². The summed E-state index contributed by atoms with van der Waals surface area (Å²) >= 11 is 6.09. The van der Waals surface area contributed by atoms with E-state index in [9.17, 15) is 8.42 Å². The molecule has 5 nitrogen and oxygen atoms in total. The van der Waals surface area contributed by atoms with Gasteiger partial charge in [-0.15, -0.1) is 0 Å². The van der Waals surface area contributed by atoms with Crippen LogP contribution in [0.1, 0.15) is 18.4 Å². The summed E-state index contributed by atoms with van der Waals surface area (Å²) < 4.78 is 24.7. The first-order chi connectivity index (χ1) is 9.90. The van der Waals surface area contributed by atoms with Crippen molar-refractivity contribution in [2.24, 2.45) is 5.92 Å². The van der Waals surface area contributed by atoms with Crippen LogP contribution in [0.4, 0.5) is 5.69 Å². The Labute approximate surface area is 130 Å². The SMILES string of the molecule is CS(=O)(=O)N1CCCC(CNc2cc(C#N)ccc2Cl)C1. The van der Waals surface area contributed by atoms with E-state index >= 15 is 0 Å². The van der Waals surface area contributed by atoms with Crippen LogP contribution < -0.4 is 5.32 Å². The number of nitrogens with zero attached hydrogens (tertiary/aromatic N) is 2. The fraction of sp³-hybridized carbons (Fsp3) is 0.500. The van der Waals surface area contributed by atoms with Crippen molar-refractivity contribution in [1.82, 2.24) is 4.31 Å². The third-order valence-corrected chi connectivity index (χ3v) is 5.23.